The maximum Gasteiger partial charge on any atom is 0.123 e. The molecule has 0 fully saturated rings. The van der Waals surface area contributed by atoms with Gasteiger partial charge in [-0.15, -0.1) is 0 Å². The van der Waals surface area contributed by atoms with Crippen LogP contribution in [0.5, 0.6) is 5.75 Å². The van der Waals surface area contributed by atoms with Crippen molar-refractivity contribution in [3.8, 4) is 5.75 Å². The van der Waals surface area contributed by atoms with Gasteiger partial charge in [-0.1, -0.05) is 84.7 Å². The van der Waals surface area contributed by atoms with E-state index in [1.165, 1.54) is 36.8 Å². The predicted molar refractivity (Wildman–Crippen MR) is 142 cm³/mol. The highest BCUT2D eigenvalue weighted by atomic mass is 16.5. The number of fused-ring (bicyclic) bond motifs is 1. The van der Waals surface area contributed by atoms with Gasteiger partial charge in [0, 0.05) is 0 Å². The Kier molecular flexibility index (Phi) is 7.47. The van der Waals surface area contributed by atoms with Crippen LogP contribution in [0.3, 0.4) is 0 Å². The summed E-state index contributed by atoms with van der Waals surface area (Å²) in [5.41, 5.74) is 8.00. The van der Waals surface area contributed by atoms with E-state index in [0.29, 0.717) is 35.7 Å². The van der Waals surface area contributed by atoms with Gasteiger partial charge in [-0.3, -0.25) is 0 Å². The van der Waals surface area contributed by atoms with Gasteiger partial charge in [-0.2, -0.15) is 0 Å². The third-order valence-electron chi connectivity index (χ3n) is 8.94. The molecule has 0 aromatic heterocycles. The van der Waals surface area contributed by atoms with Gasteiger partial charge in [0.15, 0.2) is 0 Å². The molecule has 0 saturated carbocycles. The lowest BCUT2D eigenvalue weighted by molar-refractivity contribution is 0.126. The van der Waals surface area contributed by atoms with Crippen molar-refractivity contribution in [3.05, 3.63) is 52.1 Å². The molecule has 1 aromatic rings. The molecule has 0 N–H and O–H groups in total. The molecule has 1 nitrogen and oxygen atoms in total. The molecule has 4 rings (SSSR count). The first kappa shape index (κ1) is 24.6. The zero-order valence-corrected chi connectivity index (χ0v) is 22.6. The lowest BCUT2D eigenvalue weighted by atomic mass is 9.67. The van der Waals surface area contributed by atoms with Crippen LogP contribution in [-0.4, -0.2) is 6.10 Å². The molecule has 0 spiro atoms. The zero-order chi connectivity index (χ0) is 23.9. The second-order valence-electron chi connectivity index (χ2n) is 12.5. The molecule has 0 saturated heterocycles. The molecule has 3 aliphatic rings. The molecule has 1 aromatic carbocycles. The summed E-state index contributed by atoms with van der Waals surface area (Å²) in [6.07, 6.45) is 10.5. The SMILES string of the molecule is CC(CC1CC(C(C)C)c2ccc(C(C)C)cc2O1)C1=CC2=C(C(C)C1)C(C(C)C)CCC2. The number of allylic oxidation sites excluding steroid dienone is 4. The van der Waals surface area contributed by atoms with Crippen LogP contribution < -0.4 is 4.74 Å². The van der Waals surface area contributed by atoms with E-state index in [1.807, 2.05) is 0 Å². The molecule has 2 aliphatic carbocycles. The molecule has 33 heavy (non-hydrogen) atoms. The number of hydrogen-bond donors (Lipinski definition) is 0. The quantitative estimate of drug-likeness (QED) is 0.421. The Morgan fingerprint density at radius 2 is 1.70 bits per heavy atom. The minimum absolute atomic E-state index is 0.323. The Labute approximate surface area is 204 Å². The number of benzene rings is 1. The molecule has 5 atom stereocenters. The lowest BCUT2D eigenvalue weighted by Gasteiger charge is -2.39. The summed E-state index contributed by atoms with van der Waals surface area (Å²) in [5, 5.41) is 0. The van der Waals surface area contributed by atoms with Crippen LogP contribution in [0.4, 0.5) is 0 Å². The third-order valence-corrected chi connectivity index (χ3v) is 8.94. The van der Waals surface area contributed by atoms with Gasteiger partial charge in [0.25, 0.3) is 0 Å². The maximum absolute atomic E-state index is 6.71. The van der Waals surface area contributed by atoms with Gasteiger partial charge >= 0.3 is 0 Å². The predicted octanol–water partition coefficient (Wildman–Crippen LogP) is 9.45. The van der Waals surface area contributed by atoms with Gasteiger partial charge in [0.2, 0.25) is 0 Å². The van der Waals surface area contributed by atoms with Crippen molar-refractivity contribution in [2.24, 2.45) is 29.6 Å². The molecular weight excluding hydrogens is 400 g/mol. The number of rotatable bonds is 6. The normalized spacial score (nSPS) is 28.5. The molecule has 182 valence electrons. The van der Waals surface area contributed by atoms with Crippen LogP contribution in [0.1, 0.15) is 117 Å². The summed E-state index contributed by atoms with van der Waals surface area (Å²) < 4.78 is 6.71. The van der Waals surface area contributed by atoms with E-state index in [9.17, 15) is 0 Å². The van der Waals surface area contributed by atoms with Crippen LogP contribution in [0.25, 0.3) is 0 Å². The average Bonchev–Trinajstić information content (AvgIpc) is 2.77. The van der Waals surface area contributed by atoms with E-state index in [1.54, 1.807) is 16.7 Å². The van der Waals surface area contributed by atoms with Crippen LogP contribution in [0.2, 0.25) is 0 Å². The van der Waals surface area contributed by atoms with E-state index >= 15 is 0 Å². The number of hydrogen-bond acceptors (Lipinski definition) is 1. The topological polar surface area (TPSA) is 9.23 Å². The summed E-state index contributed by atoms with van der Waals surface area (Å²) in [4.78, 5) is 0. The largest absolute Gasteiger partial charge is 0.490 e. The van der Waals surface area contributed by atoms with Gasteiger partial charge in [-0.25, -0.2) is 0 Å². The first-order valence-corrected chi connectivity index (χ1v) is 13.9. The van der Waals surface area contributed by atoms with E-state index in [0.717, 1.165) is 30.4 Å². The fourth-order valence-corrected chi connectivity index (χ4v) is 6.95. The molecule has 5 unspecified atom stereocenters. The van der Waals surface area contributed by atoms with Crippen molar-refractivity contribution in [2.75, 3.05) is 0 Å². The summed E-state index contributed by atoms with van der Waals surface area (Å²) in [5.74, 6) is 5.82. The van der Waals surface area contributed by atoms with Crippen molar-refractivity contribution < 1.29 is 4.74 Å². The molecule has 1 heteroatoms. The van der Waals surface area contributed by atoms with E-state index in [-0.39, 0.29) is 0 Å². The molecule has 0 bridgehead atoms. The summed E-state index contributed by atoms with van der Waals surface area (Å²) in [7, 11) is 0. The van der Waals surface area contributed by atoms with E-state index < -0.39 is 0 Å². The van der Waals surface area contributed by atoms with Crippen LogP contribution in [0, 0.1) is 29.6 Å². The summed E-state index contributed by atoms with van der Waals surface area (Å²) in [6, 6.07) is 7.00. The van der Waals surface area contributed by atoms with E-state index in [4.69, 9.17) is 4.74 Å². The van der Waals surface area contributed by atoms with Crippen molar-refractivity contribution in [1.29, 1.82) is 0 Å². The monoisotopic (exact) mass is 448 g/mol. The first-order valence-electron chi connectivity index (χ1n) is 13.9. The van der Waals surface area contributed by atoms with Crippen molar-refractivity contribution in [2.45, 2.75) is 112 Å². The van der Waals surface area contributed by atoms with Gasteiger partial charge in [0.1, 0.15) is 5.75 Å². The number of ether oxygens (including phenoxy) is 1. The third kappa shape index (κ3) is 5.13. The van der Waals surface area contributed by atoms with Crippen LogP contribution >= 0.6 is 0 Å². The van der Waals surface area contributed by atoms with Crippen LogP contribution in [0.15, 0.2) is 41.0 Å². The molecular formula is C32H48O. The second-order valence-corrected chi connectivity index (χ2v) is 12.5. The Bertz CT molecular complexity index is 899. The summed E-state index contributed by atoms with van der Waals surface area (Å²) in [6.45, 7) is 19.1. The molecule has 1 aliphatic heterocycles. The minimum atomic E-state index is 0.323. The Morgan fingerprint density at radius 3 is 2.36 bits per heavy atom. The molecule has 0 amide bonds. The van der Waals surface area contributed by atoms with Crippen molar-refractivity contribution in [3.63, 3.8) is 0 Å². The van der Waals surface area contributed by atoms with Crippen molar-refractivity contribution >= 4 is 0 Å². The standard InChI is InChI=1S/C32H48O/c1-19(2)24-12-13-29-30(21(5)6)18-27(33-31(29)17-24)15-22(7)26-14-23(8)32-25(16-26)10-9-11-28(32)20(3)4/h12-13,16-17,19-23,27-28,30H,9-11,14-15,18H2,1-8H3. The van der Waals surface area contributed by atoms with Gasteiger partial charge in [0.05, 0.1) is 6.10 Å². The summed E-state index contributed by atoms with van der Waals surface area (Å²) >= 11 is 0. The van der Waals surface area contributed by atoms with Crippen LogP contribution in [-0.2, 0) is 0 Å². The van der Waals surface area contributed by atoms with Crippen molar-refractivity contribution in [1.82, 2.24) is 0 Å². The minimum Gasteiger partial charge on any atom is -0.490 e. The Balaban J connectivity index is 1.54. The molecule has 1 heterocycles. The smallest absolute Gasteiger partial charge is 0.123 e. The van der Waals surface area contributed by atoms with Gasteiger partial charge in [-0.05, 0) is 103 Å². The second kappa shape index (κ2) is 10.0. The zero-order valence-electron chi connectivity index (χ0n) is 22.6. The van der Waals surface area contributed by atoms with E-state index in [2.05, 4.69) is 79.7 Å². The average molecular weight is 449 g/mol. The highest BCUT2D eigenvalue weighted by Gasteiger charge is 2.35. The highest BCUT2D eigenvalue weighted by Crippen LogP contribution is 2.47. The maximum atomic E-state index is 6.71. The Hall–Kier alpha value is -1.50. The highest BCUT2D eigenvalue weighted by molar-refractivity contribution is 5.43. The molecule has 0 radical (unpaired) electrons. The fraction of sp³-hybridized carbons (Fsp3) is 0.688. The van der Waals surface area contributed by atoms with Gasteiger partial charge < -0.3 is 4.74 Å². The first-order chi connectivity index (χ1) is 15.7. The fourth-order valence-electron chi connectivity index (χ4n) is 6.95. The lowest BCUT2D eigenvalue weighted by Crippen LogP contribution is -2.31. The Morgan fingerprint density at radius 1 is 0.970 bits per heavy atom.